The highest BCUT2D eigenvalue weighted by atomic mass is 16.5. The number of aliphatic hydroxyl groups is 1. The van der Waals surface area contributed by atoms with Gasteiger partial charge < -0.3 is 14.2 Å². The van der Waals surface area contributed by atoms with Crippen LogP contribution in [0.4, 0.5) is 0 Å². The molecule has 3 aromatic rings. The summed E-state index contributed by atoms with van der Waals surface area (Å²) in [5.41, 5.74) is 4.06. The molecule has 33 heavy (non-hydrogen) atoms. The van der Waals surface area contributed by atoms with Crippen molar-refractivity contribution in [3.63, 3.8) is 0 Å². The zero-order chi connectivity index (χ0) is 23.5. The number of hydrogen-bond donors (Lipinski definition) is 1. The Morgan fingerprint density at radius 3 is 2.67 bits per heavy atom. The molecule has 7 nitrogen and oxygen atoms in total. The maximum absolute atomic E-state index is 13.0. The number of carbonyl (C=O) groups is 1. The van der Waals surface area contributed by atoms with E-state index in [0.29, 0.717) is 42.7 Å². The Hall–Kier alpha value is -2.80. The summed E-state index contributed by atoms with van der Waals surface area (Å²) < 4.78 is 7.65. The van der Waals surface area contributed by atoms with Gasteiger partial charge in [0.1, 0.15) is 17.4 Å². The molecule has 4 rings (SSSR count). The van der Waals surface area contributed by atoms with Crippen molar-refractivity contribution in [3.05, 3.63) is 52.5 Å². The van der Waals surface area contributed by atoms with Gasteiger partial charge >= 0.3 is 0 Å². The molecule has 176 valence electrons. The summed E-state index contributed by atoms with van der Waals surface area (Å²) in [7, 11) is 0. The minimum atomic E-state index is -0.183. The highest BCUT2D eigenvalue weighted by Gasteiger charge is 2.34. The number of aryl methyl sites for hydroxylation is 2. The van der Waals surface area contributed by atoms with Crippen LogP contribution in [0, 0.1) is 19.8 Å². The Balaban J connectivity index is 1.57. The van der Waals surface area contributed by atoms with Crippen molar-refractivity contribution in [3.8, 4) is 11.5 Å². The third kappa shape index (κ3) is 5.58. The predicted octanol–water partition coefficient (Wildman–Crippen LogP) is 4.75. The maximum Gasteiger partial charge on any atom is 0.186 e. The van der Waals surface area contributed by atoms with Gasteiger partial charge in [-0.05, 0) is 50.2 Å². The van der Waals surface area contributed by atoms with Crippen molar-refractivity contribution in [1.82, 2.24) is 19.9 Å². The number of hydrogen-bond acceptors (Lipinski definition) is 6. The first kappa shape index (κ1) is 23.4. The number of aliphatic hydroxyl groups excluding tert-OH is 1. The van der Waals surface area contributed by atoms with Crippen molar-refractivity contribution >= 4 is 5.78 Å². The lowest BCUT2D eigenvalue weighted by Gasteiger charge is -2.17. The van der Waals surface area contributed by atoms with Crippen molar-refractivity contribution in [2.45, 2.75) is 78.2 Å². The molecule has 1 aliphatic rings. The summed E-state index contributed by atoms with van der Waals surface area (Å²) in [6.07, 6.45) is 4.11. The number of aromatic nitrogens is 4. The minimum Gasteiger partial charge on any atom is -0.396 e. The Kier molecular flexibility index (Phi) is 7.08. The summed E-state index contributed by atoms with van der Waals surface area (Å²) in [5, 5.41) is 22.9. The summed E-state index contributed by atoms with van der Waals surface area (Å²) in [5.74, 6) is 2.73. The van der Waals surface area contributed by atoms with Gasteiger partial charge in [0.2, 0.25) is 0 Å². The summed E-state index contributed by atoms with van der Waals surface area (Å²) in [6.45, 7) is 8.38. The smallest absolute Gasteiger partial charge is 0.186 e. The quantitative estimate of drug-likeness (QED) is 0.453. The molecule has 1 saturated carbocycles. The van der Waals surface area contributed by atoms with Crippen LogP contribution >= 0.6 is 0 Å². The molecule has 1 aliphatic carbocycles. The summed E-state index contributed by atoms with van der Waals surface area (Å²) in [4.78, 5) is 13.0. The molecule has 2 heterocycles. The number of rotatable bonds is 11. The van der Waals surface area contributed by atoms with Crippen LogP contribution in [0.25, 0.3) is 11.5 Å². The molecule has 1 fully saturated rings. The fourth-order valence-electron chi connectivity index (χ4n) is 4.45. The van der Waals surface area contributed by atoms with E-state index in [2.05, 4.69) is 46.8 Å². The van der Waals surface area contributed by atoms with Crippen LogP contribution in [0.3, 0.4) is 0 Å². The van der Waals surface area contributed by atoms with E-state index in [1.165, 1.54) is 5.56 Å². The van der Waals surface area contributed by atoms with Crippen LogP contribution in [0.5, 0.6) is 0 Å². The third-order valence-electron chi connectivity index (χ3n) is 6.23. The first-order valence-corrected chi connectivity index (χ1v) is 11.9. The van der Waals surface area contributed by atoms with Crippen molar-refractivity contribution in [2.75, 3.05) is 6.61 Å². The predicted molar refractivity (Wildman–Crippen MR) is 126 cm³/mol. The van der Waals surface area contributed by atoms with E-state index in [9.17, 15) is 9.90 Å². The summed E-state index contributed by atoms with van der Waals surface area (Å²) >= 11 is 0. The lowest BCUT2D eigenvalue weighted by molar-refractivity contribution is -0.118. The average Bonchev–Trinajstić information content (AvgIpc) is 3.32. The van der Waals surface area contributed by atoms with Gasteiger partial charge in [0.05, 0.1) is 0 Å². The molecule has 1 atom stereocenters. The van der Waals surface area contributed by atoms with Gasteiger partial charge in [0, 0.05) is 43.9 Å². The molecular weight excluding hydrogens is 416 g/mol. The van der Waals surface area contributed by atoms with Gasteiger partial charge in [-0.1, -0.05) is 42.8 Å². The molecule has 0 aliphatic heterocycles. The first-order valence-electron chi connectivity index (χ1n) is 11.9. The second kappa shape index (κ2) is 10.00. The molecule has 0 amide bonds. The van der Waals surface area contributed by atoms with E-state index in [-0.39, 0.29) is 18.3 Å². The van der Waals surface area contributed by atoms with Crippen LogP contribution in [0.15, 0.2) is 28.8 Å². The molecule has 0 saturated heterocycles. The number of benzene rings is 1. The zero-order valence-electron chi connectivity index (χ0n) is 20.0. The van der Waals surface area contributed by atoms with E-state index in [4.69, 9.17) is 4.52 Å². The summed E-state index contributed by atoms with van der Waals surface area (Å²) in [6, 6.07) is 8.44. The van der Waals surface area contributed by atoms with Crippen molar-refractivity contribution in [2.24, 2.45) is 5.92 Å². The van der Waals surface area contributed by atoms with Gasteiger partial charge in [-0.3, -0.25) is 4.79 Å². The van der Waals surface area contributed by atoms with Gasteiger partial charge in [0.25, 0.3) is 0 Å². The monoisotopic (exact) mass is 450 g/mol. The molecule has 2 aromatic heterocycles. The normalized spacial score (nSPS) is 14.7. The first-order chi connectivity index (χ1) is 15.9. The SMILES string of the molecule is Cc1ccc(CC(=O)C[C@H](CCO)c2nnc(-c3cc(CC(C)C)on3)n2C2CC2)c(C)c1. The Morgan fingerprint density at radius 1 is 1.21 bits per heavy atom. The van der Waals surface area contributed by atoms with Crippen molar-refractivity contribution in [1.29, 1.82) is 0 Å². The molecule has 0 unspecified atom stereocenters. The number of nitrogens with zero attached hydrogens (tertiary/aromatic N) is 4. The lowest BCUT2D eigenvalue weighted by Crippen LogP contribution is -2.16. The van der Waals surface area contributed by atoms with Gasteiger partial charge in [-0.15, -0.1) is 10.2 Å². The van der Waals surface area contributed by atoms with Crippen LogP contribution in [0.1, 0.15) is 79.8 Å². The maximum atomic E-state index is 13.0. The average molecular weight is 451 g/mol. The standard InChI is InChI=1S/C26H34N4O3/c1-16(2)11-23-15-24(29-33-23)26-28-27-25(30(26)21-7-8-21)20(9-10-31)14-22(32)13-19-6-5-17(3)12-18(19)4/h5-6,12,15-16,20-21,31H,7-11,13-14H2,1-4H3/t20-/m0/s1. The Morgan fingerprint density at radius 2 is 2.00 bits per heavy atom. The molecule has 0 bridgehead atoms. The van der Waals surface area contributed by atoms with E-state index >= 15 is 0 Å². The fourth-order valence-corrected chi connectivity index (χ4v) is 4.45. The topological polar surface area (TPSA) is 94.0 Å². The van der Waals surface area contributed by atoms with Crippen LogP contribution in [-0.2, 0) is 17.6 Å². The zero-order valence-corrected chi connectivity index (χ0v) is 20.0. The van der Waals surface area contributed by atoms with Crippen LogP contribution in [-0.4, -0.2) is 37.4 Å². The molecule has 1 aromatic carbocycles. The number of carbonyl (C=O) groups excluding carboxylic acids is 1. The fraction of sp³-hybridized carbons (Fsp3) is 0.538. The second-order valence-corrected chi connectivity index (χ2v) is 9.82. The largest absolute Gasteiger partial charge is 0.396 e. The van der Waals surface area contributed by atoms with Crippen LogP contribution < -0.4 is 0 Å². The third-order valence-corrected chi connectivity index (χ3v) is 6.23. The van der Waals surface area contributed by atoms with Crippen molar-refractivity contribution < 1.29 is 14.4 Å². The molecule has 1 N–H and O–H groups in total. The Labute approximate surface area is 195 Å². The van der Waals surface area contributed by atoms with Gasteiger partial charge in [0.15, 0.2) is 11.5 Å². The molecule has 7 heteroatoms. The molecule has 0 spiro atoms. The van der Waals surface area contributed by atoms with E-state index in [0.717, 1.165) is 42.0 Å². The number of ketones is 1. The number of Topliss-reactive ketones (excluding diaryl/α,β-unsaturated/α-hetero) is 1. The van der Waals surface area contributed by atoms with Gasteiger partial charge in [-0.25, -0.2) is 0 Å². The lowest BCUT2D eigenvalue weighted by atomic mass is 9.93. The minimum absolute atomic E-state index is 0.00311. The van der Waals surface area contributed by atoms with E-state index in [1.807, 2.05) is 25.1 Å². The molecule has 0 radical (unpaired) electrons. The van der Waals surface area contributed by atoms with Gasteiger partial charge in [-0.2, -0.15) is 0 Å². The van der Waals surface area contributed by atoms with E-state index < -0.39 is 0 Å². The highest BCUT2D eigenvalue weighted by Crippen LogP contribution is 2.41. The highest BCUT2D eigenvalue weighted by molar-refractivity contribution is 5.82. The van der Waals surface area contributed by atoms with Crippen LogP contribution in [0.2, 0.25) is 0 Å². The molecular formula is C26H34N4O3. The second-order valence-electron chi connectivity index (χ2n) is 9.82. The van der Waals surface area contributed by atoms with E-state index in [1.54, 1.807) is 0 Å². The Bertz CT molecular complexity index is 1110.